The van der Waals surface area contributed by atoms with E-state index < -0.39 is 11.9 Å². The Hall–Kier alpha value is -1.38. The Morgan fingerprint density at radius 1 is 0.724 bits per heavy atom. The normalized spacial score (nSPS) is 32.6. The zero-order valence-electron chi connectivity index (χ0n) is 19.9. The quantitative estimate of drug-likeness (QED) is 0.293. The van der Waals surface area contributed by atoms with E-state index in [-0.39, 0.29) is 0 Å². The minimum absolute atomic E-state index is 0.295. The molecule has 3 nitrogen and oxygen atoms in total. The van der Waals surface area contributed by atoms with Crippen molar-refractivity contribution in [2.24, 2.45) is 34.5 Å². The van der Waals surface area contributed by atoms with Crippen LogP contribution in [0.2, 0.25) is 0 Å². The fourth-order valence-corrected chi connectivity index (χ4v) is 6.18. The number of hydrogen-bond donors (Lipinski definition) is 0. The molecule has 2 aliphatic carbocycles. The lowest BCUT2D eigenvalue weighted by molar-refractivity contribution is -0.154. The number of ether oxygens (including phenoxy) is 1. The average Bonchev–Trinajstić information content (AvgIpc) is 2.50. The SMILES string of the molecule is CC(=CC1CC(C)CC(C)(C)C1)C(=O)OC(=O)C(C)=CC1CC(C)CC(C)(C)C1. The molecule has 0 amide bonds. The molecule has 0 spiro atoms. The van der Waals surface area contributed by atoms with Gasteiger partial charge in [0.15, 0.2) is 0 Å². The molecule has 3 heteroatoms. The van der Waals surface area contributed by atoms with Crippen molar-refractivity contribution in [2.45, 2.75) is 93.9 Å². The molecule has 0 aliphatic heterocycles. The first-order valence-corrected chi connectivity index (χ1v) is 11.4. The van der Waals surface area contributed by atoms with E-state index in [1.165, 1.54) is 12.8 Å². The first kappa shape index (κ1) is 23.9. The van der Waals surface area contributed by atoms with Gasteiger partial charge in [-0.2, -0.15) is 0 Å². The molecule has 0 saturated heterocycles. The van der Waals surface area contributed by atoms with Gasteiger partial charge in [0.05, 0.1) is 0 Å². The molecule has 2 rings (SSSR count). The van der Waals surface area contributed by atoms with Crippen LogP contribution in [0.5, 0.6) is 0 Å². The molecule has 0 N–H and O–H groups in total. The third kappa shape index (κ3) is 7.42. The molecule has 164 valence electrons. The van der Waals surface area contributed by atoms with Gasteiger partial charge in [-0.3, -0.25) is 0 Å². The molecular formula is C26H42O3. The fraction of sp³-hybridized carbons (Fsp3) is 0.769. The van der Waals surface area contributed by atoms with E-state index in [4.69, 9.17) is 4.74 Å². The number of carbonyl (C=O) groups excluding carboxylic acids is 2. The monoisotopic (exact) mass is 402 g/mol. The smallest absolute Gasteiger partial charge is 0.341 e. The van der Waals surface area contributed by atoms with E-state index in [0.29, 0.717) is 45.6 Å². The summed E-state index contributed by atoms with van der Waals surface area (Å²) in [5.74, 6) is 1.04. The molecule has 0 heterocycles. The highest BCUT2D eigenvalue weighted by Crippen LogP contribution is 2.43. The van der Waals surface area contributed by atoms with E-state index in [2.05, 4.69) is 41.5 Å². The van der Waals surface area contributed by atoms with Crippen LogP contribution in [0.3, 0.4) is 0 Å². The zero-order valence-corrected chi connectivity index (χ0v) is 19.9. The van der Waals surface area contributed by atoms with Crippen LogP contribution in [-0.4, -0.2) is 11.9 Å². The summed E-state index contributed by atoms with van der Waals surface area (Å²) in [5, 5.41) is 0. The molecule has 29 heavy (non-hydrogen) atoms. The highest BCUT2D eigenvalue weighted by molar-refractivity contribution is 6.01. The molecule has 2 fully saturated rings. The maximum atomic E-state index is 12.5. The van der Waals surface area contributed by atoms with Gasteiger partial charge >= 0.3 is 11.9 Å². The van der Waals surface area contributed by atoms with E-state index in [9.17, 15) is 9.59 Å². The summed E-state index contributed by atoms with van der Waals surface area (Å²) in [5.41, 5.74) is 1.69. The maximum Gasteiger partial charge on any atom is 0.341 e. The van der Waals surface area contributed by atoms with Crippen molar-refractivity contribution < 1.29 is 14.3 Å². The largest absolute Gasteiger partial charge is 0.386 e. The average molecular weight is 403 g/mol. The second-order valence-corrected chi connectivity index (χ2v) is 11.7. The van der Waals surface area contributed by atoms with Gasteiger partial charge in [0.1, 0.15) is 0 Å². The van der Waals surface area contributed by atoms with Crippen LogP contribution in [-0.2, 0) is 14.3 Å². The standard InChI is InChI=1S/C26H42O3/c1-17-9-21(15-25(5,6)13-17)11-19(3)23(27)29-24(28)20(4)12-22-10-18(2)14-26(7,8)16-22/h11-12,17-18,21-22H,9-10,13-16H2,1-8H3. The molecule has 2 aliphatic rings. The van der Waals surface area contributed by atoms with Crippen molar-refractivity contribution in [1.82, 2.24) is 0 Å². The third-order valence-corrected chi connectivity index (χ3v) is 6.64. The summed E-state index contributed by atoms with van der Waals surface area (Å²) < 4.78 is 5.20. The van der Waals surface area contributed by atoms with Crippen LogP contribution in [0.15, 0.2) is 23.3 Å². The minimum atomic E-state index is -0.504. The Morgan fingerprint density at radius 2 is 1.07 bits per heavy atom. The number of esters is 2. The van der Waals surface area contributed by atoms with Gasteiger partial charge in [0, 0.05) is 11.1 Å². The first-order chi connectivity index (χ1) is 13.3. The molecule has 0 aromatic carbocycles. The van der Waals surface area contributed by atoms with Gasteiger partial charge in [-0.25, -0.2) is 9.59 Å². The molecule has 0 aromatic rings. The van der Waals surface area contributed by atoms with Gasteiger partial charge in [-0.1, -0.05) is 53.7 Å². The summed E-state index contributed by atoms with van der Waals surface area (Å²) in [4.78, 5) is 25.0. The van der Waals surface area contributed by atoms with Gasteiger partial charge in [0.2, 0.25) is 0 Å². The van der Waals surface area contributed by atoms with E-state index in [1.54, 1.807) is 13.8 Å². The number of rotatable bonds is 4. The van der Waals surface area contributed by atoms with Crippen LogP contribution >= 0.6 is 0 Å². The molecular weight excluding hydrogens is 360 g/mol. The fourth-order valence-electron chi connectivity index (χ4n) is 6.18. The van der Waals surface area contributed by atoms with Crippen molar-refractivity contribution in [2.75, 3.05) is 0 Å². The predicted molar refractivity (Wildman–Crippen MR) is 119 cm³/mol. The van der Waals surface area contributed by atoms with Crippen LogP contribution < -0.4 is 0 Å². The van der Waals surface area contributed by atoms with Gasteiger partial charge < -0.3 is 4.74 Å². The van der Waals surface area contributed by atoms with Crippen molar-refractivity contribution in [1.29, 1.82) is 0 Å². The van der Waals surface area contributed by atoms with Crippen LogP contribution in [0.25, 0.3) is 0 Å². The predicted octanol–water partition coefficient (Wildman–Crippen LogP) is 6.87. The van der Waals surface area contributed by atoms with Crippen LogP contribution in [0, 0.1) is 34.5 Å². The summed E-state index contributed by atoms with van der Waals surface area (Å²) >= 11 is 0. The minimum Gasteiger partial charge on any atom is -0.386 e. The molecule has 0 bridgehead atoms. The highest BCUT2D eigenvalue weighted by atomic mass is 16.6. The summed E-state index contributed by atoms with van der Waals surface area (Å²) in [6, 6.07) is 0. The molecule has 4 unspecified atom stereocenters. The van der Waals surface area contributed by atoms with Crippen molar-refractivity contribution >= 4 is 11.9 Å². The Morgan fingerprint density at radius 3 is 1.38 bits per heavy atom. The van der Waals surface area contributed by atoms with E-state index >= 15 is 0 Å². The first-order valence-electron chi connectivity index (χ1n) is 11.4. The van der Waals surface area contributed by atoms with Gasteiger partial charge in [-0.05, 0) is 86.9 Å². The Bertz CT molecular complexity index is 622. The third-order valence-electron chi connectivity index (χ3n) is 6.64. The van der Waals surface area contributed by atoms with Crippen molar-refractivity contribution in [3.8, 4) is 0 Å². The van der Waals surface area contributed by atoms with Crippen molar-refractivity contribution in [3.63, 3.8) is 0 Å². The molecule has 2 saturated carbocycles. The molecule has 0 radical (unpaired) electrons. The lowest BCUT2D eigenvalue weighted by Crippen LogP contribution is -2.27. The Kier molecular flexibility index (Phi) is 7.57. The van der Waals surface area contributed by atoms with Crippen LogP contribution in [0.1, 0.15) is 93.9 Å². The topological polar surface area (TPSA) is 43.4 Å². The second-order valence-electron chi connectivity index (χ2n) is 11.7. The Labute approximate surface area is 178 Å². The highest BCUT2D eigenvalue weighted by Gasteiger charge is 2.32. The number of allylic oxidation sites excluding steroid dienone is 2. The lowest BCUT2D eigenvalue weighted by atomic mass is 9.68. The maximum absolute atomic E-state index is 12.5. The van der Waals surface area contributed by atoms with Gasteiger partial charge in [-0.15, -0.1) is 0 Å². The van der Waals surface area contributed by atoms with Gasteiger partial charge in [0.25, 0.3) is 0 Å². The second kappa shape index (κ2) is 9.18. The number of carbonyl (C=O) groups is 2. The number of hydrogen-bond acceptors (Lipinski definition) is 3. The molecule has 0 aromatic heterocycles. The van der Waals surface area contributed by atoms with E-state index in [0.717, 1.165) is 25.7 Å². The van der Waals surface area contributed by atoms with Crippen molar-refractivity contribution in [3.05, 3.63) is 23.3 Å². The summed E-state index contributed by atoms with van der Waals surface area (Å²) in [6.07, 6.45) is 10.8. The zero-order chi connectivity index (χ0) is 22.0. The summed E-state index contributed by atoms with van der Waals surface area (Å²) in [6.45, 7) is 17.3. The molecule has 4 atom stereocenters. The lowest BCUT2D eigenvalue weighted by Gasteiger charge is -2.38. The van der Waals surface area contributed by atoms with E-state index in [1.807, 2.05) is 12.2 Å². The van der Waals surface area contributed by atoms with Crippen LogP contribution in [0.4, 0.5) is 0 Å². The summed E-state index contributed by atoms with van der Waals surface area (Å²) in [7, 11) is 0. The Balaban J connectivity index is 1.97.